The molecule has 0 atom stereocenters. The highest BCUT2D eigenvalue weighted by Gasteiger charge is 2.25. The fourth-order valence-electron chi connectivity index (χ4n) is 5.39. The second-order valence-electron chi connectivity index (χ2n) is 9.52. The van der Waals surface area contributed by atoms with E-state index in [1.807, 2.05) is 0 Å². The van der Waals surface area contributed by atoms with E-state index >= 15 is 0 Å². The van der Waals surface area contributed by atoms with Gasteiger partial charge >= 0.3 is 0 Å². The topological polar surface area (TPSA) is 47.6 Å². The van der Waals surface area contributed by atoms with Crippen LogP contribution in [0.4, 0.5) is 5.69 Å². The maximum absolute atomic E-state index is 9.70. The summed E-state index contributed by atoms with van der Waals surface area (Å²) >= 11 is 3.52. The van der Waals surface area contributed by atoms with Crippen molar-refractivity contribution < 1.29 is 38.8 Å². The SMILES string of the molecule is OCCN1/C(=C/C=C2\CCC(/C=C/c3sc4ccccc4[n+]3CCO)=C2c2ccccc2)Sc2ccccc21.[I-]. The zero-order chi connectivity index (χ0) is 26.6. The van der Waals surface area contributed by atoms with Crippen LogP contribution in [0.1, 0.15) is 23.4 Å². The van der Waals surface area contributed by atoms with Gasteiger partial charge in [-0.25, -0.2) is 0 Å². The molecule has 6 rings (SSSR count). The number of aromatic nitrogens is 1. The van der Waals surface area contributed by atoms with E-state index in [4.69, 9.17) is 0 Å². The molecule has 0 amide bonds. The smallest absolute Gasteiger partial charge is 0.262 e. The van der Waals surface area contributed by atoms with Crippen LogP contribution in [0.2, 0.25) is 0 Å². The van der Waals surface area contributed by atoms with Crippen LogP contribution in [-0.2, 0) is 6.54 Å². The predicted molar refractivity (Wildman–Crippen MR) is 164 cm³/mol. The lowest BCUT2D eigenvalue weighted by atomic mass is 9.98. The number of thioether (sulfide) groups is 1. The number of para-hydroxylation sites is 2. The van der Waals surface area contributed by atoms with Crippen molar-refractivity contribution >= 4 is 50.7 Å². The Morgan fingerprint density at radius 2 is 1.60 bits per heavy atom. The van der Waals surface area contributed by atoms with E-state index in [0.29, 0.717) is 13.1 Å². The number of thiazole rings is 1. The van der Waals surface area contributed by atoms with Gasteiger partial charge in [0, 0.05) is 23.6 Å². The summed E-state index contributed by atoms with van der Waals surface area (Å²) < 4.78 is 3.43. The van der Waals surface area contributed by atoms with E-state index in [2.05, 4.69) is 113 Å². The minimum absolute atomic E-state index is 0. The number of rotatable bonds is 8. The van der Waals surface area contributed by atoms with Crippen molar-refractivity contribution in [2.45, 2.75) is 24.3 Å². The number of β-amino-alcohol motifs (C(OH)–C–C–N with tert-alkyl or cyclic N) is 1. The molecule has 0 saturated heterocycles. The summed E-state index contributed by atoms with van der Waals surface area (Å²) in [6.45, 7) is 1.39. The number of aliphatic hydroxyl groups excluding tert-OH is 2. The van der Waals surface area contributed by atoms with Gasteiger partial charge in [0.25, 0.3) is 5.01 Å². The number of benzene rings is 3. The third kappa shape index (κ3) is 5.85. The number of halogens is 1. The first-order chi connectivity index (χ1) is 19.3. The summed E-state index contributed by atoms with van der Waals surface area (Å²) in [6.07, 6.45) is 10.9. The van der Waals surface area contributed by atoms with E-state index < -0.39 is 0 Å². The summed E-state index contributed by atoms with van der Waals surface area (Å²) in [7, 11) is 0. The first kappa shape index (κ1) is 28.8. The average Bonchev–Trinajstić information content (AvgIpc) is 3.65. The van der Waals surface area contributed by atoms with Crippen molar-refractivity contribution in [3.63, 3.8) is 0 Å². The molecule has 1 aliphatic heterocycles. The van der Waals surface area contributed by atoms with Crippen molar-refractivity contribution in [1.29, 1.82) is 0 Å². The molecule has 2 N–H and O–H groups in total. The monoisotopic (exact) mass is 678 g/mol. The van der Waals surface area contributed by atoms with Gasteiger partial charge in [-0.05, 0) is 59.4 Å². The van der Waals surface area contributed by atoms with Crippen LogP contribution in [0.5, 0.6) is 0 Å². The minimum Gasteiger partial charge on any atom is -1.00 e. The largest absolute Gasteiger partial charge is 1.00 e. The van der Waals surface area contributed by atoms with Crippen LogP contribution in [0.3, 0.4) is 0 Å². The fourth-order valence-corrected chi connectivity index (χ4v) is 7.57. The van der Waals surface area contributed by atoms with Gasteiger partial charge in [-0.1, -0.05) is 89.8 Å². The Kier molecular flexibility index (Phi) is 9.59. The summed E-state index contributed by atoms with van der Waals surface area (Å²) in [6, 6.07) is 27.4. The highest BCUT2D eigenvalue weighted by Crippen LogP contribution is 2.46. The minimum atomic E-state index is 0. The Hall–Kier alpha value is -2.69. The van der Waals surface area contributed by atoms with Gasteiger partial charge in [-0.15, -0.1) is 0 Å². The zero-order valence-electron chi connectivity index (χ0n) is 22.0. The van der Waals surface area contributed by atoms with Gasteiger partial charge in [0.1, 0.15) is 11.3 Å². The number of fused-ring (bicyclic) bond motifs is 2. The first-order valence-corrected chi connectivity index (χ1v) is 15.0. The Labute approximate surface area is 260 Å². The van der Waals surface area contributed by atoms with Gasteiger partial charge in [0.15, 0.2) is 6.54 Å². The number of allylic oxidation sites excluding steroid dienone is 6. The summed E-state index contributed by atoms with van der Waals surface area (Å²) in [5.74, 6) is 0. The van der Waals surface area contributed by atoms with Crippen molar-refractivity contribution in [3.8, 4) is 0 Å². The molecule has 0 unspecified atom stereocenters. The van der Waals surface area contributed by atoms with Gasteiger partial charge < -0.3 is 39.1 Å². The van der Waals surface area contributed by atoms with Crippen LogP contribution in [0.15, 0.2) is 118 Å². The highest BCUT2D eigenvalue weighted by atomic mass is 127. The molecule has 0 fully saturated rings. The lowest BCUT2D eigenvalue weighted by Gasteiger charge is -2.18. The number of anilines is 1. The number of hydrogen-bond donors (Lipinski definition) is 2. The summed E-state index contributed by atoms with van der Waals surface area (Å²) in [5.41, 5.74) is 7.51. The highest BCUT2D eigenvalue weighted by molar-refractivity contribution is 8.03. The molecule has 0 spiro atoms. The van der Waals surface area contributed by atoms with Crippen LogP contribution in [0, 0.1) is 0 Å². The molecule has 2 heterocycles. The van der Waals surface area contributed by atoms with Gasteiger partial charge in [0.05, 0.1) is 17.3 Å². The van der Waals surface area contributed by atoms with Gasteiger partial charge in [-0.2, -0.15) is 4.57 Å². The molecule has 204 valence electrons. The quantitative estimate of drug-likeness (QED) is 0.220. The molecule has 40 heavy (non-hydrogen) atoms. The molecule has 0 radical (unpaired) electrons. The van der Waals surface area contributed by atoms with Gasteiger partial charge in [-0.3, -0.25) is 0 Å². The lowest BCUT2D eigenvalue weighted by Crippen LogP contribution is -3.00. The molecular formula is C33H31IN2O2S2. The maximum atomic E-state index is 9.70. The van der Waals surface area contributed by atoms with Crippen molar-refractivity contribution in [2.75, 3.05) is 24.7 Å². The Balaban J connectivity index is 0.00000323. The van der Waals surface area contributed by atoms with Crippen LogP contribution in [0.25, 0.3) is 21.9 Å². The molecule has 0 saturated carbocycles. The first-order valence-electron chi connectivity index (χ1n) is 13.3. The summed E-state index contributed by atoms with van der Waals surface area (Å²) in [5, 5.41) is 21.7. The number of nitrogens with zero attached hydrogens (tertiary/aromatic N) is 2. The third-order valence-corrected chi connectivity index (χ3v) is 9.40. The number of hydrogen-bond acceptors (Lipinski definition) is 5. The second kappa shape index (κ2) is 13.3. The van der Waals surface area contributed by atoms with E-state index in [9.17, 15) is 10.2 Å². The van der Waals surface area contributed by atoms with E-state index in [-0.39, 0.29) is 37.2 Å². The van der Waals surface area contributed by atoms with Crippen LogP contribution in [-0.4, -0.2) is 30.0 Å². The van der Waals surface area contributed by atoms with Crippen LogP contribution < -0.4 is 33.4 Å². The standard InChI is InChI=1S/C33H31N2O2S2.HI/c36-22-20-34-27-10-4-6-12-29(27)38-31(34)18-16-25-14-15-26(33(25)24-8-2-1-3-9-24)17-19-32-35(21-23-37)28-11-5-7-13-30(28)39-32;/h1-13,16-19,36-37H,14-15,20-23H2;1H/q+1;/p-1. The average molecular weight is 679 g/mol. The maximum Gasteiger partial charge on any atom is 0.262 e. The van der Waals surface area contributed by atoms with Crippen molar-refractivity contribution in [2.24, 2.45) is 0 Å². The molecule has 1 aromatic heterocycles. The van der Waals surface area contributed by atoms with Crippen molar-refractivity contribution in [1.82, 2.24) is 0 Å². The molecule has 4 nitrogen and oxygen atoms in total. The molecule has 1 aliphatic carbocycles. The predicted octanol–water partition coefficient (Wildman–Crippen LogP) is 3.82. The molecular weight excluding hydrogens is 647 g/mol. The Morgan fingerprint density at radius 1 is 0.825 bits per heavy atom. The summed E-state index contributed by atoms with van der Waals surface area (Å²) in [4.78, 5) is 3.43. The Bertz CT molecular complexity index is 1620. The molecule has 0 bridgehead atoms. The molecule has 2 aliphatic rings. The van der Waals surface area contributed by atoms with E-state index in [1.165, 1.54) is 31.9 Å². The lowest BCUT2D eigenvalue weighted by molar-refractivity contribution is -0.670. The van der Waals surface area contributed by atoms with Gasteiger partial charge in [0.2, 0.25) is 5.52 Å². The third-order valence-electron chi connectivity index (χ3n) is 7.14. The van der Waals surface area contributed by atoms with Crippen molar-refractivity contribution in [3.05, 3.63) is 124 Å². The van der Waals surface area contributed by atoms with E-state index in [1.54, 1.807) is 23.1 Å². The zero-order valence-corrected chi connectivity index (χ0v) is 25.8. The second-order valence-corrected chi connectivity index (χ2v) is 11.6. The Morgan fingerprint density at radius 3 is 2.42 bits per heavy atom. The number of aliphatic hydroxyl groups is 2. The normalized spacial score (nSPS) is 17.0. The molecule has 3 aromatic carbocycles. The van der Waals surface area contributed by atoms with Crippen LogP contribution >= 0.6 is 23.1 Å². The molecule has 7 heteroatoms. The molecule has 4 aromatic rings. The van der Waals surface area contributed by atoms with E-state index in [0.717, 1.165) is 34.1 Å². The fraction of sp³-hybridized carbons (Fsp3) is 0.182.